The van der Waals surface area contributed by atoms with Gasteiger partial charge in [-0.1, -0.05) is 0 Å². The van der Waals surface area contributed by atoms with Crippen LogP contribution in [0.5, 0.6) is 5.75 Å². The Balaban J connectivity index is 1.97. The van der Waals surface area contributed by atoms with E-state index in [1.54, 1.807) is 24.1 Å². The van der Waals surface area contributed by atoms with Gasteiger partial charge >= 0.3 is 11.7 Å². The molecular formula is C15H12N4O5. The molecule has 0 bridgehead atoms. The third-order valence-electron chi connectivity index (χ3n) is 3.27. The molecular weight excluding hydrogens is 316 g/mol. The smallest absolute Gasteiger partial charge is 0.363 e. The van der Waals surface area contributed by atoms with E-state index in [1.165, 1.54) is 31.4 Å². The fourth-order valence-corrected chi connectivity index (χ4v) is 2.17. The first-order valence-electron chi connectivity index (χ1n) is 6.82. The van der Waals surface area contributed by atoms with Crippen molar-refractivity contribution >= 4 is 23.6 Å². The van der Waals surface area contributed by atoms with Crippen molar-refractivity contribution in [2.24, 2.45) is 12.0 Å². The summed E-state index contributed by atoms with van der Waals surface area (Å²) in [6.45, 7) is 0. The monoisotopic (exact) mass is 328 g/mol. The zero-order chi connectivity index (χ0) is 17.3. The molecule has 0 spiro atoms. The first-order valence-corrected chi connectivity index (χ1v) is 6.82. The van der Waals surface area contributed by atoms with Crippen LogP contribution in [-0.2, 0) is 16.6 Å². The molecule has 0 N–H and O–H groups in total. The number of nitro benzene ring substituents is 1. The Kier molecular flexibility index (Phi) is 3.82. The number of benzene rings is 1. The Hall–Kier alpha value is -3.49. The molecule has 2 heterocycles. The van der Waals surface area contributed by atoms with Crippen molar-refractivity contribution in [2.75, 3.05) is 7.11 Å². The topological polar surface area (TPSA) is 109 Å². The van der Waals surface area contributed by atoms with Crippen molar-refractivity contribution < 1.29 is 19.2 Å². The van der Waals surface area contributed by atoms with Gasteiger partial charge < -0.3 is 9.47 Å². The van der Waals surface area contributed by atoms with Gasteiger partial charge in [-0.2, -0.15) is 5.10 Å². The highest BCUT2D eigenvalue weighted by Gasteiger charge is 2.26. The van der Waals surface area contributed by atoms with E-state index in [2.05, 4.69) is 10.1 Å². The summed E-state index contributed by atoms with van der Waals surface area (Å²) in [5.41, 5.74) is 0.857. The van der Waals surface area contributed by atoms with Crippen LogP contribution in [0.2, 0.25) is 0 Å². The van der Waals surface area contributed by atoms with Gasteiger partial charge in [0.2, 0.25) is 5.90 Å². The van der Waals surface area contributed by atoms with Gasteiger partial charge in [-0.05, 0) is 18.2 Å². The Morgan fingerprint density at radius 1 is 1.42 bits per heavy atom. The Bertz CT molecular complexity index is 897. The molecule has 0 amide bonds. The third kappa shape index (κ3) is 2.86. The number of aliphatic imine (C=N–C) groups is 1. The van der Waals surface area contributed by atoms with Crippen LogP contribution in [0.4, 0.5) is 5.69 Å². The highest BCUT2D eigenvalue weighted by molar-refractivity contribution is 6.13. The Morgan fingerprint density at radius 2 is 2.21 bits per heavy atom. The number of aryl methyl sites for hydroxylation is 1. The van der Waals surface area contributed by atoms with E-state index < -0.39 is 10.9 Å². The number of ether oxygens (including phenoxy) is 2. The average molecular weight is 328 g/mol. The molecule has 122 valence electrons. The molecule has 0 radical (unpaired) electrons. The van der Waals surface area contributed by atoms with Gasteiger partial charge in [0.1, 0.15) is 0 Å². The number of hydrogen-bond donors (Lipinski definition) is 0. The maximum absolute atomic E-state index is 11.9. The molecule has 1 aliphatic heterocycles. The lowest BCUT2D eigenvalue weighted by Gasteiger charge is -2.03. The highest BCUT2D eigenvalue weighted by atomic mass is 16.6. The van der Waals surface area contributed by atoms with Gasteiger partial charge in [0.05, 0.1) is 18.2 Å². The molecule has 0 saturated heterocycles. The number of aromatic nitrogens is 2. The lowest BCUT2D eigenvalue weighted by atomic mass is 10.2. The number of carbonyl (C=O) groups is 1. The molecule has 9 nitrogen and oxygen atoms in total. The van der Waals surface area contributed by atoms with Crippen LogP contribution in [0.15, 0.2) is 41.3 Å². The maximum Gasteiger partial charge on any atom is 0.363 e. The summed E-state index contributed by atoms with van der Waals surface area (Å²) in [7, 11) is 3.09. The highest BCUT2D eigenvalue weighted by Crippen LogP contribution is 2.29. The second-order valence-electron chi connectivity index (χ2n) is 4.93. The average Bonchev–Trinajstić information content (AvgIpc) is 3.13. The van der Waals surface area contributed by atoms with E-state index in [1.807, 2.05) is 0 Å². The molecule has 0 fully saturated rings. The lowest BCUT2D eigenvalue weighted by Crippen LogP contribution is -2.06. The molecule has 0 aliphatic carbocycles. The number of carbonyl (C=O) groups excluding carboxylic acids is 1. The largest absolute Gasteiger partial charge is 0.490 e. The fourth-order valence-electron chi connectivity index (χ4n) is 2.17. The minimum Gasteiger partial charge on any atom is -0.490 e. The molecule has 9 heteroatoms. The Labute approximate surface area is 136 Å². The summed E-state index contributed by atoms with van der Waals surface area (Å²) in [5, 5.41) is 15.1. The van der Waals surface area contributed by atoms with Crippen molar-refractivity contribution in [3.05, 3.63) is 57.5 Å². The van der Waals surface area contributed by atoms with Gasteiger partial charge in [0.15, 0.2) is 11.4 Å². The summed E-state index contributed by atoms with van der Waals surface area (Å²) in [4.78, 5) is 26.5. The lowest BCUT2D eigenvalue weighted by molar-refractivity contribution is -0.385. The molecule has 2 aromatic rings. The fraction of sp³-hybridized carbons (Fsp3) is 0.133. The van der Waals surface area contributed by atoms with E-state index >= 15 is 0 Å². The maximum atomic E-state index is 11.9. The minimum absolute atomic E-state index is 0.000827. The third-order valence-corrected chi connectivity index (χ3v) is 3.27. The molecule has 0 saturated carbocycles. The van der Waals surface area contributed by atoms with Crippen LogP contribution in [0.1, 0.15) is 11.1 Å². The normalized spacial score (nSPS) is 15.3. The van der Waals surface area contributed by atoms with E-state index in [4.69, 9.17) is 9.47 Å². The van der Waals surface area contributed by atoms with Gasteiger partial charge in [0, 0.05) is 30.4 Å². The molecule has 0 atom stereocenters. The standard InChI is InChI=1S/C15H12N4O5/c1-18-8-9(7-16-18)5-11-15(20)24-14(17-11)10-3-4-13(23-2)12(6-10)19(21)22/h3-8H,1-2H3/b11-5-. The van der Waals surface area contributed by atoms with Crippen molar-refractivity contribution in [2.45, 2.75) is 0 Å². The molecule has 0 unspecified atom stereocenters. The molecule has 3 rings (SSSR count). The SMILES string of the molecule is COc1ccc(C2=N/C(=C\c3cnn(C)c3)C(=O)O2)cc1[N+](=O)[O-]. The zero-order valence-electron chi connectivity index (χ0n) is 12.8. The number of cyclic esters (lactones) is 1. The molecule has 24 heavy (non-hydrogen) atoms. The van der Waals surface area contributed by atoms with Crippen LogP contribution in [0, 0.1) is 10.1 Å². The first kappa shape index (κ1) is 15.4. The van der Waals surface area contributed by atoms with E-state index in [-0.39, 0.29) is 23.0 Å². The van der Waals surface area contributed by atoms with Crippen LogP contribution < -0.4 is 4.74 Å². The van der Waals surface area contributed by atoms with E-state index in [0.717, 1.165) is 0 Å². The summed E-state index contributed by atoms with van der Waals surface area (Å²) in [6, 6.07) is 4.20. The summed E-state index contributed by atoms with van der Waals surface area (Å²) in [5.74, 6) is -0.520. The predicted octanol–water partition coefficient (Wildman–Crippen LogP) is 1.68. The summed E-state index contributed by atoms with van der Waals surface area (Å²) in [6.07, 6.45) is 4.82. The minimum atomic E-state index is -0.632. The second-order valence-corrected chi connectivity index (χ2v) is 4.93. The van der Waals surface area contributed by atoms with Gasteiger partial charge in [-0.15, -0.1) is 0 Å². The summed E-state index contributed by atoms with van der Waals surface area (Å²) < 4.78 is 11.6. The molecule has 1 aromatic carbocycles. The van der Waals surface area contributed by atoms with Gasteiger partial charge in [0.25, 0.3) is 0 Å². The van der Waals surface area contributed by atoms with Gasteiger partial charge in [-0.3, -0.25) is 14.8 Å². The summed E-state index contributed by atoms with van der Waals surface area (Å²) >= 11 is 0. The van der Waals surface area contributed by atoms with Crippen LogP contribution in [0.3, 0.4) is 0 Å². The number of esters is 1. The van der Waals surface area contributed by atoms with Crippen molar-refractivity contribution in [3.63, 3.8) is 0 Å². The van der Waals surface area contributed by atoms with Crippen molar-refractivity contribution in [3.8, 4) is 5.75 Å². The number of rotatable bonds is 4. The molecule has 1 aromatic heterocycles. The Morgan fingerprint density at radius 3 is 2.83 bits per heavy atom. The zero-order valence-corrected chi connectivity index (χ0v) is 12.8. The predicted molar refractivity (Wildman–Crippen MR) is 83.5 cm³/mol. The quantitative estimate of drug-likeness (QED) is 0.365. The van der Waals surface area contributed by atoms with Crippen molar-refractivity contribution in [1.82, 2.24) is 9.78 Å². The second kappa shape index (κ2) is 5.95. The first-order chi connectivity index (χ1) is 11.5. The van der Waals surface area contributed by atoms with E-state index in [9.17, 15) is 14.9 Å². The van der Waals surface area contributed by atoms with Gasteiger partial charge in [-0.25, -0.2) is 9.79 Å². The number of methoxy groups -OCH3 is 1. The molecule has 1 aliphatic rings. The van der Waals surface area contributed by atoms with Crippen LogP contribution in [0.25, 0.3) is 6.08 Å². The van der Waals surface area contributed by atoms with Crippen LogP contribution >= 0.6 is 0 Å². The number of nitrogens with zero attached hydrogens (tertiary/aromatic N) is 4. The van der Waals surface area contributed by atoms with E-state index in [0.29, 0.717) is 11.1 Å². The van der Waals surface area contributed by atoms with Crippen molar-refractivity contribution in [1.29, 1.82) is 0 Å². The number of hydrogen-bond acceptors (Lipinski definition) is 7. The number of nitro groups is 1. The van der Waals surface area contributed by atoms with Crippen LogP contribution in [-0.4, -0.2) is 33.7 Å².